The number of anilines is 2. The Morgan fingerprint density at radius 2 is 0.917 bits per heavy atom. The predicted molar refractivity (Wildman–Crippen MR) is 154 cm³/mol. The minimum Gasteiger partial charge on any atom is -0.309 e. The lowest BCUT2D eigenvalue weighted by Gasteiger charge is -2.31. The fraction of sp³-hybridized carbons (Fsp3) is 0.0857. The van der Waals surface area contributed by atoms with E-state index in [4.69, 9.17) is 0 Å². The van der Waals surface area contributed by atoms with E-state index in [-0.39, 0.29) is 0 Å². The lowest BCUT2D eigenvalue weighted by atomic mass is 9.91. The monoisotopic (exact) mass is 465 g/mol. The first kappa shape index (κ1) is 23.4. The Balaban J connectivity index is 1.89. The molecule has 0 heterocycles. The molecule has 0 aromatic heterocycles. The molecule has 5 aromatic rings. The van der Waals surface area contributed by atoms with Gasteiger partial charge in [-0.1, -0.05) is 128 Å². The van der Waals surface area contributed by atoms with Gasteiger partial charge in [-0.15, -0.1) is 0 Å². The lowest BCUT2D eigenvalue weighted by molar-refractivity contribution is 1.14. The molecule has 1 nitrogen and oxygen atoms in total. The van der Waals surface area contributed by atoms with E-state index < -0.39 is 0 Å². The van der Waals surface area contributed by atoms with Crippen molar-refractivity contribution >= 4 is 22.6 Å². The Hall–Kier alpha value is -4.36. The zero-order chi connectivity index (χ0) is 24.7. The number of rotatable bonds is 7. The van der Waals surface area contributed by atoms with E-state index in [9.17, 15) is 0 Å². The molecular weight excluding hydrogens is 434 g/mol. The molecule has 0 spiro atoms. The molecule has 0 aliphatic carbocycles. The summed E-state index contributed by atoms with van der Waals surface area (Å²) in [5.74, 6) is 0. The van der Waals surface area contributed by atoms with E-state index in [0.717, 1.165) is 23.5 Å². The summed E-state index contributed by atoms with van der Waals surface area (Å²) in [5.41, 5.74) is 10.7. The van der Waals surface area contributed by atoms with Crippen molar-refractivity contribution in [3.05, 3.63) is 167 Å². The summed E-state index contributed by atoms with van der Waals surface area (Å²) in [4.78, 5) is 2.41. The molecule has 0 radical (unpaired) electrons. The Kier molecular flexibility index (Phi) is 7.10. The van der Waals surface area contributed by atoms with E-state index >= 15 is 0 Å². The van der Waals surface area contributed by atoms with Gasteiger partial charge in [0.25, 0.3) is 0 Å². The molecule has 0 bridgehead atoms. The normalized spacial score (nSPS) is 10.6. The highest BCUT2D eigenvalue weighted by molar-refractivity contribution is 6.06. The van der Waals surface area contributed by atoms with Crippen molar-refractivity contribution < 1.29 is 0 Å². The summed E-state index contributed by atoms with van der Waals surface area (Å²) >= 11 is 0. The molecule has 0 unspecified atom stereocenters. The highest BCUT2D eigenvalue weighted by Crippen LogP contribution is 2.41. The van der Waals surface area contributed by atoms with Crippen molar-refractivity contribution in [3.8, 4) is 0 Å². The largest absolute Gasteiger partial charge is 0.309 e. The van der Waals surface area contributed by atoms with Gasteiger partial charge in [-0.2, -0.15) is 0 Å². The first-order chi connectivity index (χ1) is 17.7. The van der Waals surface area contributed by atoms with Gasteiger partial charge in [-0.25, -0.2) is 0 Å². The van der Waals surface area contributed by atoms with Gasteiger partial charge in [0.2, 0.25) is 0 Å². The van der Waals surface area contributed by atoms with Gasteiger partial charge in [-0.3, -0.25) is 0 Å². The molecule has 0 N–H and O–H groups in total. The van der Waals surface area contributed by atoms with Crippen molar-refractivity contribution in [1.82, 2.24) is 0 Å². The molecule has 5 rings (SSSR count). The summed E-state index contributed by atoms with van der Waals surface area (Å²) in [5, 5.41) is 0. The first-order valence-electron chi connectivity index (χ1n) is 12.6. The van der Waals surface area contributed by atoms with Gasteiger partial charge in [0.1, 0.15) is 0 Å². The summed E-state index contributed by atoms with van der Waals surface area (Å²) in [7, 11) is 0. The highest BCUT2D eigenvalue weighted by Gasteiger charge is 2.23. The van der Waals surface area contributed by atoms with Crippen LogP contribution in [0, 0.1) is 6.92 Å². The van der Waals surface area contributed by atoms with Gasteiger partial charge in [0.15, 0.2) is 0 Å². The maximum atomic E-state index is 2.41. The second-order valence-electron chi connectivity index (χ2n) is 9.01. The predicted octanol–water partition coefficient (Wildman–Crippen LogP) is 9.31. The van der Waals surface area contributed by atoms with Crippen molar-refractivity contribution in [3.63, 3.8) is 0 Å². The molecule has 36 heavy (non-hydrogen) atoms. The topological polar surface area (TPSA) is 3.24 Å². The highest BCUT2D eigenvalue weighted by atomic mass is 15.2. The standard InChI is InChI=1S/C35H31N/c1-3-28-21-25-33(26-22-28)36(32-23-19-27(2)20-24-32)35(31-17-11-6-12-18-31)34(29-13-7-4-8-14-29)30-15-9-5-10-16-30/h4-26H,3H2,1-2H3. The van der Waals surface area contributed by atoms with Crippen LogP contribution in [0.3, 0.4) is 0 Å². The average molecular weight is 466 g/mol. The van der Waals surface area contributed by atoms with Crippen LogP contribution in [-0.4, -0.2) is 0 Å². The van der Waals surface area contributed by atoms with E-state index in [1.165, 1.54) is 33.4 Å². The zero-order valence-corrected chi connectivity index (χ0v) is 20.9. The van der Waals surface area contributed by atoms with E-state index in [2.05, 4.69) is 158 Å². The molecular formula is C35H31N. The van der Waals surface area contributed by atoms with Gasteiger partial charge < -0.3 is 4.90 Å². The third kappa shape index (κ3) is 5.01. The fourth-order valence-corrected chi connectivity index (χ4v) is 4.61. The molecule has 0 fully saturated rings. The van der Waals surface area contributed by atoms with Crippen LogP contribution >= 0.6 is 0 Å². The number of aryl methyl sites for hydroxylation is 2. The Labute approximate surface area is 215 Å². The van der Waals surface area contributed by atoms with Crippen LogP contribution in [-0.2, 0) is 6.42 Å². The lowest BCUT2D eigenvalue weighted by Crippen LogP contribution is -2.18. The molecule has 5 aromatic carbocycles. The van der Waals surface area contributed by atoms with Crippen LogP contribution in [0.2, 0.25) is 0 Å². The summed E-state index contributed by atoms with van der Waals surface area (Å²) in [6.45, 7) is 4.34. The summed E-state index contributed by atoms with van der Waals surface area (Å²) in [6, 6.07) is 50.0. The second-order valence-corrected chi connectivity index (χ2v) is 9.01. The first-order valence-corrected chi connectivity index (χ1v) is 12.6. The van der Waals surface area contributed by atoms with Crippen LogP contribution in [0.5, 0.6) is 0 Å². The molecule has 0 saturated heterocycles. The molecule has 0 amide bonds. The van der Waals surface area contributed by atoms with Crippen molar-refractivity contribution in [2.24, 2.45) is 0 Å². The number of nitrogens with zero attached hydrogens (tertiary/aromatic N) is 1. The van der Waals surface area contributed by atoms with Crippen molar-refractivity contribution in [1.29, 1.82) is 0 Å². The molecule has 1 heteroatoms. The molecule has 0 aliphatic heterocycles. The minimum atomic E-state index is 1.02. The minimum absolute atomic E-state index is 1.02. The van der Waals surface area contributed by atoms with E-state index in [0.29, 0.717) is 0 Å². The van der Waals surface area contributed by atoms with Gasteiger partial charge >= 0.3 is 0 Å². The van der Waals surface area contributed by atoms with E-state index in [1.54, 1.807) is 0 Å². The van der Waals surface area contributed by atoms with Crippen LogP contribution in [0.15, 0.2) is 140 Å². The summed E-state index contributed by atoms with van der Waals surface area (Å²) in [6.07, 6.45) is 1.02. The number of hydrogen-bond acceptors (Lipinski definition) is 1. The zero-order valence-electron chi connectivity index (χ0n) is 20.9. The van der Waals surface area contributed by atoms with Crippen molar-refractivity contribution in [2.75, 3.05) is 4.90 Å². The number of hydrogen-bond donors (Lipinski definition) is 0. The quantitative estimate of drug-likeness (QED) is 0.216. The van der Waals surface area contributed by atoms with Gasteiger partial charge in [0.05, 0.1) is 5.70 Å². The second kappa shape index (κ2) is 10.9. The Bertz CT molecular complexity index is 1370. The van der Waals surface area contributed by atoms with Crippen LogP contribution in [0.1, 0.15) is 34.7 Å². The summed E-state index contributed by atoms with van der Waals surface area (Å²) < 4.78 is 0. The molecule has 0 saturated carbocycles. The SMILES string of the molecule is CCc1ccc(N(C(=C(c2ccccc2)c2ccccc2)c2ccccc2)c2ccc(C)cc2)cc1. The Morgan fingerprint density at radius 1 is 0.500 bits per heavy atom. The molecule has 176 valence electrons. The smallest absolute Gasteiger partial charge is 0.0618 e. The molecule has 0 atom stereocenters. The number of benzene rings is 5. The maximum absolute atomic E-state index is 2.41. The van der Waals surface area contributed by atoms with Crippen LogP contribution in [0.25, 0.3) is 11.3 Å². The van der Waals surface area contributed by atoms with Gasteiger partial charge in [0, 0.05) is 16.9 Å². The van der Waals surface area contributed by atoms with Crippen molar-refractivity contribution in [2.45, 2.75) is 20.3 Å². The Morgan fingerprint density at radius 3 is 1.36 bits per heavy atom. The average Bonchev–Trinajstić information content (AvgIpc) is 2.95. The third-order valence-corrected chi connectivity index (χ3v) is 6.53. The third-order valence-electron chi connectivity index (χ3n) is 6.53. The van der Waals surface area contributed by atoms with Crippen LogP contribution in [0.4, 0.5) is 11.4 Å². The van der Waals surface area contributed by atoms with E-state index in [1.807, 2.05) is 0 Å². The fourth-order valence-electron chi connectivity index (χ4n) is 4.61. The van der Waals surface area contributed by atoms with Crippen LogP contribution < -0.4 is 4.90 Å². The maximum Gasteiger partial charge on any atom is 0.0618 e. The molecule has 0 aliphatic rings. The van der Waals surface area contributed by atoms with Gasteiger partial charge in [-0.05, 0) is 59.9 Å².